The van der Waals surface area contributed by atoms with Gasteiger partial charge in [0, 0.05) is 12.8 Å². The van der Waals surface area contributed by atoms with Crippen LogP contribution < -0.4 is 0 Å². The van der Waals surface area contributed by atoms with E-state index in [1.54, 1.807) is 0 Å². The average Bonchev–Trinajstić information content (AvgIpc) is 2.60. The van der Waals surface area contributed by atoms with Crippen LogP contribution in [0.2, 0.25) is 0 Å². The molecule has 2 aromatic rings. The molecule has 2 aromatic carbocycles. The van der Waals surface area contributed by atoms with Gasteiger partial charge in [0.15, 0.2) is 0 Å². The van der Waals surface area contributed by atoms with E-state index in [2.05, 4.69) is 0 Å². The van der Waals surface area contributed by atoms with E-state index in [1.807, 2.05) is 0 Å². The molecule has 4 nitrogen and oxygen atoms in total. The minimum absolute atomic E-state index is 0.169. The van der Waals surface area contributed by atoms with Crippen LogP contribution in [0, 0.1) is 0 Å². The monoisotopic (exact) mass is 416 g/mol. The van der Waals surface area contributed by atoms with Gasteiger partial charge in [0.2, 0.25) is 0 Å². The van der Waals surface area contributed by atoms with Crippen molar-refractivity contribution >= 4 is 0 Å². The second kappa shape index (κ2) is 13.4. The van der Waals surface area contributed by atoms with Crippen LogP contribution in [0.5, 0.6) is 23.0 Å². The highest BCUT2D eigenvalue weighted by Gasteiger charge is 2.23. The second-order valence-electron chi connectivity index (χ2n) is 4.97. The Labute approximate surface area is 158 Å². The highest BCUT2D eigenvalue weighted by molar-refractivity contribution is 5.29. The molecular weight excluding hydrogens is 394 g/mol. The van der Waals surface area contributed by atoms with E-state index in [1.165, 1.54) is 48.5 Å². The van der Waals surface area contributed by atoms with Crippen molar-refractivity contribution in [1.29, 1.82) is 0 Å². The molecule has 0 aliphatic carbocycles. The fourth-order valence-corrected chi connectivity index (χ4v) is 0.905. The van der Waals surface area contributed by atoms with Crippen LogP contribution in [0.3, 0.4) is 0 Å². The van der Waals surface area contributed by atoms with Gasteiger partial charge in [0.1, 0.15) is 23.0 Å². The molecule has 0 atom stereocenters. The van der Waals surface area contributed by atoms with E-state index in [0.29, 0.717) is 0 Å². The third-order valence-corrected chi connectivity index (χ3v) is 2.50. The summed E-state index contributed by atoms with van der Waals surface area (Å²) < 4.78 is 64.7. The maximum Gasteiger partial charge on any atom is 0.388 e. The van der Waals surface area contributed by atoms with Crippen molar-refractivity contribution in [3.63, 3.8) is 0 Å². The van der Waals surface area contributed by atoms with E-state index in [0.717, 1.165) is 13.8 Å². The zero-order valence-electron chi connectivity index (χ0n) is 15.1. The fraction of sp³-hybridized carbons (Fsp3) is 0.333. The molecule has 0 heterocycles. The van der Waals surface area contributed by atoms with Crippen LogP contribution in [0.1, 0.15) is 26.7 Å². The highest BCUT2D eigenvalue weighted by atomic mass is 19.4. The van der Waals surface area contributed by atoms with Gasteiger partial charge in [0.05, 0.1) is 0 Å². The number of alkyl halides is 6. The molecule has 0 spiro atoms. The lowest BCUT2D eigenvalue weighted by Crippen LogP contribution is -2.02. The van der Waals surface area contributed by atoms with Gasteiger partial charge in [-0.05, 0) is 48.5 Å². The molecule has 0 radical (unpaired) electrons. The molecular formula is C18H22F6O4. The van der Waals surface area contributed by atoms with Gasteiger partial charge in [-0.1, -0.05) is 13.8 Å². The molecule has 28 heavy (non-hydrogen) atoms. The van der Waals surface area contributed by atoms with Gasteiger partial charge in [-0.15, -0.1) is 0 Å². The van der Waals surface area contributed by atoms with Crippen molar-refractivity contribution < 1.29 is 46.8 Å². The van der Waals surface area contributed by atoms with E-state index in [4.69, 9.17) is 20.4 Å². The summed E-state index contributed by atoms with van der Waals surface area (Å²) in [4.78, 5) is 0. The third kappa shape index (κ3) is 21.3. The van der Waals surface area contributed by atoms with E-state index >= 15 is 0 Å². The summed E-state index contributed by atoms with van der Waals surface area (Å²) >= 11 is 0. The van der Waals surface area contributed by atoms with Crippen molar-refractivity contribution in [2.45, 2.75) is 39.0 Å². The maximum absolute atomic E-state index is 10.8. The summed E-state index contributed by atoms with van der Waals surface area (Å²) in [7, 11) is 0. The first-order valence-corrected chi connectivity index (χ1v) is 7.79. The second-order valence-corrected chi connectivity index (χ2v) is 4.97. The summed E-state index contributed by atoms with van der Waals surface area (Å²) in [5.41, 5.74) is 0. The molecule has 10 heteroatoms. The molecule has 0 unspecified atom stereocenters. The summed E-state index contributed by atoms with van der Waals surface area (Å²) in [6, 6.07) is 11.4. The fourth-order valence-electron chi connectivity index (χ4n) is 0.905. The van der Waals surface area contributed by atoms with Crippen molar-refractivity contribution in [2.75, 3.05) is 0 Å². The molecule has 0 fully saturated rings. The Morgan fingerprint density at radius 1 is 0.500 bits per heavy atom. The Morgan fingerprint density at radius 3 is 0.679 bits per heavy atom. The predicted molar refractivity (Wildman–Crippen MR) is 92.2 cm³/mol. The van der Waals surface area contributed by atoms with Crippen molar-refractivity contribution in [1.82, 2.24) is 0 Å². The molecule has 2 rings (SSSR count). The first kappa shape index (κ1) is 27.4. The molecule has 0 aromatic heterocycles. The van der Waals surface area contributed by atoms with Crippen molar-refractivity contribution in [3.05, 3.63) is 48.5 Å². The zero-order chi connectivity index (χ0) is 22.4. The Balaban J connectivity index is 0. The summed E-state index contributed by atoms with van der Waals surface area (Å²) in [5, 5.41) is 34.6. The maximum atomic E-state index is 10.8. The topological polar surface area (TPSA) is 80.9 Å². The minimum atomic E-state index is -3.96. The highest BCUT2D eigenvalue weighted by Crippen LogP contribution is 2.18. The Bertz CT molecular complexity index is 523. The van der Waals surface area contributed by atoms with E-state index in [9.17, 15) is 26.3 Å². The number of hydrogen-bond donors (Lipinski definition) is 4. The quantitative estimate of drug-likeness (QED) is 0.308. The normalized spacial score (nSPS) is 10.3. The molecule has 0 aliphatic rings. The summed E-state index contributed by atoms with van der Waals surface area (Å²) in [6.45, 7) is 2.17. The van der Waals surface area contributed by atoms with Crippen LogP contribution >= 0.6 is 0 Å². The Hall–Kier alpha value is -2.78. The zero-order valence-corrected chi connectivity index (χ0v) is 15.1. The third-order valence-electron chi connectivity index (χ3n) is 2.50. The lowest BCUT2D eigenvalue weighted by Gasteiger charge is -1.96. The van der Waals surface area contributed by atoms with Gasteiger partial charge in [-0.2, -0.15) is 26.3 Å². The molecule has 0 amide bonds. The van der Waals surface area contributed by atoms with Crippen LogP contribution in [0.15, 0.2) is 48.5 Å². The largest absolute Gasteiger partial charge is 0.508 e. The molecule has 4 N–H and O–H groups in total. The molecule has 0 bridgehead atoms. The standard InChI is InChI=1S/2C6H6O2.2C3H5F3/c2*7-5-1-2-6(8)4-3-5;2*1-2-3(4,5)6/h2*1-4,7-8H;2*2H2,1H3. The van der Waals surface area contributed by atoms with Gasteiger partial charge >= 0.3 is 12.4 Å². The summed E-state index contributed by atoms with van der Waals surface area (Å²) in [6.07, 6.45) is -9.38. The predicted octanol–water partition coefficient (Wildman–Crippen LogP) is 6.11. The van der Waals surface area contributed by atoms with E-state index in [-0.39, 0.29) is 23.0 Å². The lowest BCUT2D eigenvalue weighted by molar-refractivity contribution is -0.131. The van der Waals surface area contributed by atoms with Gasteiger partial charge in [-0.25, -0.2) is 0 Å². The molecule has 0 saturated heterocycles. The smallest absolute Gasteiger partial charge is 0.388 e. The van der Waals surface area contributed by atoms with Crippen LogP contribution in [-0.4, -0.2) is 32.8 Å². The lowest BCUT2D eigenvalue weighted by atomic mass is 10.3. The first-order chi connectivity index (χ1) is 12.7. The Kier molecular flexibility index (Phi) is 13.1. The minimum Gasteiger partial charge on any atom is -0.508 e. The first-order valence-electron chi connectivity index (χ1n) is 7.79. The number of halogens is 6. The average molecular weight is 416 g/mol. The van der Waals surface area contributed by atoms with E-state index < -0.39 is 25.2 Å². The number of phenols is 4. The number of hydrogen-bond acceptors (Lipinski definition) is 4. The van der Waals surface area contributed by atoms with Crippen LogP contribution in [-0.2, 0) is 0 Å². The number of benzene rings is 2. The van der Waals surface area contributed by atoms with Crippen LogP contribution in [0.25, 0.3) is 0 Å². The van der Waals surface area contributed by atoms with Crippen LogP contribution in [0.4, 0.5) is 26.3 Å². The van der Waals surface area contributed by atoms with Gasteiger partial charge < -0.3 is 20.4 Å². The van der Waals surface area contributed by atoms with Gasteiger partial charge in [-0.3, -0.25) is 0 Å². The van der Waals surface area contributed by atoms with Crippen molar-refractivity contribution in [2.24, 2.45) is 0 Å². The SMILES string of the molecule is CCC(F)(F)F.CCC(F)(F)F.Oc1ccc(O)cc1.Oc1ccc(O)cc1. The number of aromatic hydroxyl groups is 4. The summed E-state index contributed by atoms with van der Waals surface area (Å²) in [5.74, 6) is 0.677. The number of phenolic OH excluding ortho intramolecular Hbond substituents is 4. The molecule has 0 aliphatic heterocycles. The molecule has 0 saturated carbocycles. The number of rotatable bonds is 0. The van der Waals surface area contributed by atoms with Gasteiger partial charge in [0.25, 0.3) is 0 Å². The Morgan fingerprint density at radius 2 is 0.607 bits per heavy atom. The molecule has 160 valence electrons. The van der Waals surface area contributed by atoms with Crippen molar-refractivity contribution in [3.8, 4) is 23.0 Å².